The molecule has 0 saturated carbocycles. The number of hydrogen-bond donors (Lipinski definition) is 4. The van der Waals surface area contributed by atoms with E-state index in [0.29, 0.717) is 21.8 Å². The van der Waals surface area contributed by atoms with Crippen LogP contribution in [0.3, 0.4) is 0 Å². The number of ether oxygens (including phenoxy) is 1. The Balaban J connectivity index is 2.01. The van der Waals surface area contributed by atoms with Crippen molar-refractivity contribution < 1.29 is 19.7 Å². The molecule has 1 amide bonds. The third kappa shape index (κ3) is 2.37. The van der Waals surface area contributed by atoms with Crippen LogP contribution in [0.2, 0.25) is 5.02 Å². The van der Waals surface area contributed by atoms with Gasteiger partial charge in [0.25, 0.3) is 5.91 Å². The van der Waals surface area contributed by atoms with Crippen LogP contribution < -0.4 is 15.4 Å². The van der Waals surface area contributed by atoms with E-state index in [1.807, 2.05) is 0 Å². The summed E-state index contributed by atoms with van der Waals surface area (Å²) in [7, 11) is 1.38. The van der Waals surface area contributed by atoms with Crippen molar-refractivity contribution in [2.24, 2.45) is 0 Å². The zero-order chi connectivity index (χ0) is 15.9. The van der Waals surface area contributed by atoms with Gasteiger partial charge in [0.05, 0.1) is 18.4 Å². The number of anilines is 1. The minimum atomic E-state index is -0.584. The molecule has 0 fully saturated rings. The lowest BCUT2D eigenvalue weighted by Gasteiger charge is -2.28. The van der Waals surface area contributed by atoms with Crippen LogP contribution in [-0.4, -0.2) is 23.2 Å². The van der Waals surface area contributed by atoms with Crippen molar-refractivity contribution in [3.63, 3.8) is 0 Å². The molecule has 1 aliphatic heterocycles. The molecule has 7 heteroatoms. The van der Waals surface area contributed by atoms with Crippen molar-refractivity contribution in [2.45, 2.75) is 6.17 Å². The fraction of sp³-hybridized carbons (Fsp3) is 0.133. The van der Waals surface area contributed by atoms with Gasteiger partial charge in [-0.25, -0.2) is 0 Å². The summed E-state index contributed by atoms with van der Waals surface area (Å²) in [6.45, 7) is 0. The zero-order valence-corrected chi connectivity index (χ0v) is 12.3. The molecule has 0 radical (unpaired) electrons. The van der Waals surface area contributed by atoms with Gasteiger partial charge < -0.3 is 25.6 Å². The first-order chi connectivity index (χ1) is 10.5. The molecule has 0 saturated heterocycles. The average molecular weight is 321 g/mol. The number of methoxy groups -OCH3 is 1. The summed E-state index contributed by atoms with van der Waals surface area (Å²) in [5.41, 5.74) is 1.61. The number of amides is 1. The van der Waals surface area contributed by atoms with Gasteiger partial charge in [0.2, 0.25) is 5.75 Å². The number of carbonyl (C=O) groups is 1. The molecule has 2 aromatic carbocycles. The third-order valence-corrected chi connectivity index (χ3v) is 3.67. The molecule has 6 nitrogen and oxygen atoms in total. The lowest BCUT2D eigenvalue weighted by atomic mass is 10.0. The minimum absolute atomic E-state index is 0.114. The van der Waals surface area contributed by atoms with Crippen molar-refractivity contribution in [2.75, 3.05) is 12.4 Å². The van der Waals surface area contributed by atoms with Crippen molar-refractivity contribution in [1.29, 1.82) is 0 Å². The number of nitrogens with one attached hydrogen (secondary N) is 2. The molecular formula is C15H13ClN2O4. The first-order valence-electron chi connectivity index (χ1n) is 6.46. The van der Waals surface area contributed by atoms with Crippen LogP contribution in [0.1, 0.15) is 22.1 Å². The fourth-order valence-electron chi connectivity index (χ4n) is 2.34. The summed E-state index contributed by atoms with van der Waals surface area (Å²) in [6.07, 6.45) is -0.584. The Morgan fingerprint density at radius 2 is 1.95 bits per heavy atom. The van der Waals surface area contributed by atoms with E-state index in [9.17, 15) is 15.0 Å². The van der Waals surface area contributed by atoms with E-state index < -0.39 is 6.17 Å². The molecule has 4 N–H and O–H groups in total. The number of fused-ring (bicyclic) bond motifs is 1. The maximum absolute atomic E-state index is 12.1. The van der Waals surface area contributed by atoms with E-state index in [-0.39, 0.29) is 23.2 Å². The molecule has 0 spiro atoms. The third-order valence-electron chi connectivity index (χ3n) is 3.43. The Kier molecular flexibility index (Phi) is 3.46. The normalized spacial score (nSPS) is 16.5. The maximum atomic E-state index is 12.1. The molecular weight excluding hydrogens is 308 g/mol. The molecule has 0 unspecified atom stereocenters. The van der Waals surface area contributed by atoms with Crippen LogP contribution >= 0.6 is 11.6 Å². The second-order valence-corrected chi connectivity index (χ2v) is 5.27. The molecule has 2 aromatic rings. The highest BCUT2D eigenvalue weighted by Crippen LogP contribution is 2.39. The SMILES string of the molecule is COc1cc([C@@H]2NC(=O)c3ccc(Cl)cc3N2)cc(O)c1O. The summed E-state index contributed by atoms with van der Waals surface area (Å²) >= 11 is 5.95. The van der Waals surface area contributed by atoms with Crippen LogP contribution in [0, 0.1) is 0 Å². The van der Waals surface area contributed by atoms with E-state index >= 15 is 0 Å². The fourth-order valence-corrected chi connectivity index (χ4v) is 2.51. The smallest absolute Gasteiger partial charge is 0.255 e. The number of halogens is 1. The van der Waals surface area contributed by atoms with E-state index in [2.05, 4.69) is 10.6 Å². The van der Waals surface area contributed by atoms with Gasteiger partial charge in [-0.1, -0.05) is 11.6 Å². The predicted molar refractivity (Wildman–Crippen MR) is 81.6 cm³/mol. The molecule has 114 valence electrons. The summed E-state index contributed by atoms with van der Waals surface area (Å²) in [5.74, 6) is -0.830. The number of phenolic OH excluding ortho intramolecular Hbond substituents is 2. The van der Waals surface area contributed by atoms with Crippen molar-refractivity contribution in [3.8, 4) is 17.2 Å². The van der Waals surface area contributed by atoms with Gasteiger partial charge in [0.15, 0.2) is 11.5 Å². The number of benzene rings is 2. The molecule has 0 bridgehead atoms. The lowest BCUT2D eigenvalue weighted by Crippen LogP contribution is -2.38. The summed E-state index contributed by atoms with van der Waals surface area (Å²) in [4.78, 5) is 12.1. The predicted octanol–water partition coefficient (Wildman–Crippen LogP) is 2.61. The Bertz CT molecular complexity index is 763. The molecule has 22 heavy (non-hydrogen) atoms. The topological polar surface area (TPSA) is 90.8 Å². The van der Waals surface area contributed by atoms with Crippen molar-refractivity contribution >= 4 is 23.2 Å². The highest BCUT2D eigenvalue weighted by Gasteiger charge is 2.26. The van der Waals surface area contributed by atoms with Gasteiger partial charge in [-0.3, -0.25) is 4.79 Å². The van der Waals surface area contributed by atoms with Crippen LogP contribution in [0.25, 0.3) is 0 Å². The zero-order valence-electron chi connectivity index (χ0n) is 11.6. The van der Waals surface area contributed by atoms with Crippen molar-refractivity contribution in [1.82, 2.24) is 5.32 Å². The Hall–Kier alpha value is -2.60. The first kappa shape index (κ1) is 14.3. The molecule has 1 atom stereocenters. The molecule has 0 aliphatic carbocycles. The molecule has 1 heterocycles. The second-order valence-electron chi connectivity index (χ2n) is 4.83. The van der Waals surface area contributed by atoms with E-state index in [1.165, 1.54) is 19.2 Å². The maximum Gasteiger partial charge on any atom is 0.255 e. The van der Waals surface area contributed by atoms with Gasteiger partial charge in [0.1, 0.15) is 6.17 Å². The van der Waals surface area contributed by atoms with Gasteiger partial charge in [-0.2, -0.15) is 0 Å². The monoisotopic (exact) mass is 320 g/mol. The molecule has 0 aromatic heterocycles. The van der Waals surface area contributed by atoms with Gasteiger partial charge >= 0.3 is 0 Å². The van der Waals surface area contributed by atoms with E-state index in [0.717, 1.165) is 0 Å². The lowest BCUT2D eigenvalue weighted by molar-refractivity contribution is 0.0935. The largest absolute Gasteiger partial charge is 0.504 e. The highest BCUT2D eigenvalue weighted by molar-refractivity contribution is 6.31. The second kappa shape index (κ2) is 5.31. The van der Waals surface area contributed by atoms with E-state index in [4.69, 9.17) is 16.3 Å². The Morgan fingerprint density at radius 3 is 2.68 bits per heavy atom. The van der Waals surface area contributed by atoms with E-state index in [1.54, 1.807) is 18.2 Å². The number of carbonyl (C=O) groups excluding carboxylic acids is 1. The van der Waals surface area contributed by atoms with Gasteiger partial charge in [-0.05, 0) is 30.3 Å². The quantitative estimate of drug-likeness (QED) is 0.639. The molecule has 3 rings (SSSR count). The number of rotatable bonds is 2. The van der Waals surface area contributed by atoms with Crippen LogP contribution in [-0.2, 0) is 0 Å². The Morgan fingerprint density at radius 1 is 1.18 bits per heavy atom. The van der Waals surface area contributed by atoms with Crippen LogP contribution in [0.15, 0.2) is 30.3 Å². The Labute approximate surface area is 131 Å². The van der Waals surface area contributed by atoms with Crippen LogP contribution in [0.5, 0.6) is 17.2 Å². The van der Waals surface area contributed by atoms with Gasteiger partial charge in [-0.15, -0.1) is 0 Å². The first-order valence-corrected chi connectivity index (χ1v) is 6.84. The summed E-state index contributed by atoms with van der Waals surface area (Å²) in [5, 5.41) is 25.8. The van der Waals surface area contributed by atoms with Gasteiger partial charge in [0, 0.05) is 10.6 Å². The molecule has 1 aliphatic rings. The van der Waals surface area contributed by atoms with Crippen LogP contribution in [0.4, 0.5) is 5.69 Å². The minimum Gasteiger partial charge on any atom is -0.504 e. The summed E-state index contributed by atoms with van der Waals surface area (Å²) in [6, 6.07) is 7.80. The highest BCUT2D eigenvalue weighted by atomic mass is 35.5. The number of phenols is 2. The standard InChI is InChI=1S/C15H13ClN2O4/c1-22-12-5-7(4-11(19)13(12)20)14-17-10-6-8(16)2-3-9(10)15(21)18-14/h2-6,14,17,19-20H,1H3,(H,18,21)/t14-/m0/s1. The van der Waals surface area contributed by atoms with Crippen molar-refractivity contribution in [3.05, 3.63) is 46.5 Å². The average Bonchev–Trinajstić information content (AvgIpc) is 2.49. The summed E-state index contributed by atoms with van der Waals surface area (Å²) < 4.78 is 5.00. The number of aromatic hydroxyl groups is 2. The number of hydrogen-bond acceptors (Lipinski definition) is 5.